The van der Waals surface area contributed by atoms with Crippen LogP contribution in [0.5, 0.6) is 0 Å². The molecule has 5 heteroatoms. The third-order valence-corrected chi connectivity index (χ3v) is 2.93. The van der Waals surface area contributed by atoms with Crippen molar-refractivity contribution in [2.45, 2.75) is 25.7 Å². The predicted octanol–water partition coefficient (Wildman–Crippen LogP) is 0.736. The number of aliphatic carboxylic acids is 1. The quantitative estimate of drug-likeness (QED) is 0.772. The zero-order valence-electron chi connectivity index (χ0n) is 9.65. The van der Waals surface area contributed by atoms with Gasteiger partial charge in [-0.15, -0.1) is 0 Å². The number of carbonyl (C=O) groups is 2. The topological polar surface area (TPSA) is 66.8 Å². The number of amides is 1. The van der Waals surface area contributed by atoms with Crippen LogP contribution in [0, 0.1) is 5.92 Å². The molecule has 0 aromatic carbocycles. The smallest absolute Gasteiger partial charge is 0.303 e. The lowest BCUT2D eigenvalue weighted by Gasteiger charge is -2.19. The van der Waals surface area contributed by atoms with E-state index in [-0.39, 0.29) is 24.9 Å². The molecule has 16 heavy (non-hydrogen) atoms. The van der Waals surface area contributed by atoms with Crippen molar-refractivity contribution in [1.82, 2.24) is 4.90 Å². The number of likely N-dealkylation sites (tertiary alicyclic amines) is 1. The van der Waals surface area contributed by atoms with Crippen LogP contribution < -0.4 is 0 Å². The first-order valence-electron chi connectivity index (χ1n) is 5.62. The number of ether oxygens (including phenoxy) is 1. The van der Waals surface area contributed by atoms with E-state index in [2.05, 4.69) is 0 Å². The van der Waals surface area contributed by atoms with Gasteiger partial charge in [0.15, 0.2) is 0 Å². The van der Waals surface area contributed by atoms with Crippen molar-refractivity contribution in [2.75, 3.05) is 26.8 Å². The van der Waals surface area contributed by atoms with Gasteiger partial charge in [-0.05, 0) is 25.2 Å². The minimum Gasteiger partial charge on any atom is -0.481 e. The molecule has 0 spiro atoms. The van der Waals surface area contributed by atoms with Gasteiger partial charge in [-0.3, -0.25) is 9.59 Å². The molecule has 1 aliphatic heterocycles. The van der Waals surface area contributed by atoms with Crippen LogP contribution in [0.15, 0.2) is 0 Å². The standard InChI is InChI=1S/C11H19NO4/c1-16-8-10(13)12-5-2-3-9(4-6-12)7-11(14)15/h9H,2-8H2,1H3,(H,14,15). The molecule has 0 aliphatic carbocycles. The van der Waals surface area contributed by atoms with Gasteiger partial charge in [0, 0.05) is 26.6 Å². The molecule has 1 N–H and O–H groups in total. The number of rotatable bonds is 4. The van der Waals surface area contributed by atoms with Crippen molar-refractivity contribution in [3.8, 4) is 0 Å². The monoisotopic (exact) mass is 229 g/mol. The lowest BCUT2D eigenvalue weighted by molar-refractivity contribution is -0.138. The Morgan fingerprint density at radius 2 is 2.12 bits per heavy atom. The normalized spacial score (nSPS) is 21.6. The van der Waals surface area contributed by atoms with E-state index in [9.17, 15) is 9.59 Å². The summed E-state index contributed by atoms with van der Waals surface area (Å²) in [6, 6.07) is 0. The first kappa shape index (κ1) is 13.0. The Bertz CT molecular complexity index is 254. The van der Waals surface area contributed by atoms with Crippen LogP contribution in [0.4, 0.5) is 0 Å². The summed E-state index contributed by atoms with van der Waals surface area (Å²) in [7, 11) is 1.50. The zero-order chi connectivity index (χ0) is 12.0. The Morgan fingerprint density at radius 3 is 2.75 bits per heavy atom. The summed E-state index contributed by atoms with van der Waals surface area (Å²) in [4.78, 5) is 23.9. The lowest BCUT2D eigenvalue weighted by atomic mass is 9.97. The number of carbonyl (C=O) groups excluding carboxylic acids is 1. The molecule has 1 atom stereocenters. The summed E-state index contributed by atoms with van der Waals surface area (Å²) < 4.78 is 4.80. The highest BCUT2D eigenvalue weighted by Crippen LogP contribution is 2.20. The van der Waals surface area contributed by atoms with Crippen LogP contribution in [-0.2, 0) is 14.3 Å². The van der Waals surface area contributed by atoms with E-state index < -0.39 is 5.97 Å². The number of hydrogen-bond acceptors (Lipinski definition) is 3. The second kappa shape index (κ2) is 6.48. The van der Waals surface area contributed by atoms with Gasteiger partial charge in [0.25, 0.3) is 0 Å². The second-order valence-electron chi connectivity index (χ2n) is 4.21. The molecule has 1 aliphatic rings. The maximum absolute atomic E-state index is 11.6. The predicted molar refractivity (Wildman–Crippen MR) is 58.0 cm³/mol. The van der Waals surface area contributed by atoms with Gasteiger partial charge in [-0.25, -0.2) is 0 Å². The summed E-state index contributed by atoms with van der Waals surface area (Å²) >= 11 is 0. The molecule has 92 valence electrons. The number of nitrogens with zero attached hydrogens (tertiary/aromatic N) is 1. The molecule has 1 rings (SSSR count). The van der Waals surface area contributed by atoms with Crippen molar-refractivity contribution in [1.29, 1.82) is 0 Å². The first-order chi connectivity index (χ1) is 7.63. The molecule has 0 radical (unpaired) electrons. The molecule has 0 aromatic rings. The number of methoxy groups -OCH3 is 1. The van der Waals surface area contributed by atoms with E-state index in [1.807, 2.05) is 0 Å². The van der Waals surface area contributed by atoms with Crippen LogP contribution >= 0.6 is 0 Å². The molecule has 0 aromatic heterocycles. The average molecular weight is 229 g/mol. The van der Waals surface area contributed by atoms with Crippen LogP contribution in [0.3, 0.4) is 0 Å². The van der Waals surface area contributed by atoms with Crippen LogP contribution in [0.1, 0.15) is 25.7 Å². The molecule has 1 fully saturated rings. The van der Waals surface area contributed by atoms with Crippen molar-refractivity contribution >= 4 is 11.9 Å². The van der Waals surface area contributed by atoms with Crippen molar-refractivity contribution in [3.63, 3.8) is 0 Å². The fourth-order valence-corrected chi connectivity index (χ4v) is 2.08. The van der Waals surface area contributed by atoms with Crippen LogP contribution in [0.25, 0.3) is 0 Å². The van der Waals surface area contributed by atoms with Gasteiger partial charge in [0.2, 0.25) is 5.91 Å². The van der Waals surface area contributed by atoms with E-state index in [4.69, 9.17) is 9.84 Å². The van der Waals surface area contributed by atoms with E-state index >= 15 is 0 Å². The van der Waals surface area contributed by atoms with Crippen molar-refractivity contribution < 1.29 is 19.4 Å². The Kier molecular flexibility index (Phi) is 5.25. The Hall–Kier alpha value is -1.10. The van der Waals surface area contributed by atoms with E-state index in [1.165, 1.54) is 7.11 Å². The summed E-state index contributed by atoms with van der Waals surface area (Å²) in [5, 5.41) is 8.72. The van der Waals surface area contributed by atoms with Gasteiger partial charge in [-0.2, -0.15) is 0 Å². The highest BCUT2D eigenvalue weighted by Gasteiger charge is 2.21. The van der Waals surface area contributed by atoms with Crippen LogP contribution in [-0.4, -0.2) is 48.7 Å². The summed E-state index contributed by atoms with van der Waals surface area (Å²) in [6.07, 6.45) is 2.77. The van der Waals surface area contributed by atoms with Crippen molar-refractivity contribution in [2.24, 2.45) is 5.92 Å². The first-order valence-corrected chi connectivity index (χ1v) is 5.62. The summed E-state index contributed by atoms with van der Waals surface area (Å²) in [6.45, 7) is 1.49. The van der Waals surface area contributed by atoms with E-state index in [0.29, 0.717) is 6.54 Å². The van der Waals surface area contributed by atoms with E-state index in [0.717, 1.165) is 25.8 Å². The van der Waals surface area contributed by atoms with Gasteiger partial charge in [0.05, 0.1) is 0 Å². The summed E-state index contributed by atoms with van der Waals surface area (Å²) in [5.41, 5.74) is 0. The SMILES string of the molecule is COCC(=O)N1CCCC(CC(=O)O)CC1. The highest BCUT2D eigenvalue weighted by atomic mass is 16.5. The van der Waals surface area contributed by atoms with Gasteiger partial charge in [0.1, 0.15) is 6.61 Å². The third-order valence-electron chi connectivity index (χ3n) is 2.93. The number of carboxylic acid groups (broad SMARTS) is 1. The molecule has 1 saturated heterocycles. The Labute approximate surface area is 95.4 Å². The Morgan fingerprint density at radius 1 is 1.38 bits per heavy atom. The molecular weight excluding hydrogens is 210 g/mol. The summed E-state index contributed by atoms with van der Waals surface area (Å²) in [5.74, 6) is -0.544. The molecule has 1 unspecified atom stereocenters. The van der Waals surface area contributed by atoms with Gasteiger partial charge >= 0.3 is 5.97 Å². The fraction of sp³-hybridized carbons (Fsp3) is 0.818. The van der Waals surface area contributed by atoms with Gasteiger partial charge in [-0.1, -0.05) is 0 Å². The molecule has 0 bridgehead atoms. The molecular formula is C11H19NO4. The average Bonchev–Trinajstić information content (AvgIpc) is 2.43. The highest BCUT2D eigenvalue weighted by molar-refractivity contribution is 5.77. The molecule has 1 heterocycles. The maximum atomic E-state index is 11.6. The molecule has 5 nitrogen and oxygen atoms in total. The third kappa shape index (κ3) is 4.18. The fourth-order valence-electron chi connectivity index (χ4n) is 2.08. The lowest BCUT2D eigenvalue weighted by Crippen LogP contribution is -2.34. The minimum absolute atomic E-state index is 0.00141. The number of carboxylic acids is 1. The molecule has 1 amide bonds. The molecule has 0 saturated carbocycles. The zero-order valence-corrected chi connectivity index (χ0v) is 9.65. The van der Waals surface area contributed by atoms with E-state index in [1.54, 1.807) is 4.90 Å². The van der Waals surface area contributed by atoms with Crippen molar-refractivity contribution in [3.05, 3.63) is 0 Å². The Balaban J connectivity index is 2.39. The maximum Gasteiger partial charge on any atom is 0.303 e. The number of hydrogen-bond donors (Lipinski definition) is 1. The van der Waals surface area contributed by atoms with Gasteiger partial charge < -0.3 is 14.7 Å². The largest absolute Gasteiger partial charge is 0.481 e. The van der Waals surface area contributed by atoms with Crippen LogP contribution in [0.2, 0.25) is 0 Å². The second-order valence-corrected chi connectivity index (χ2v) is 4.21. The minimum atomic E-state index is -0.748.